The van der Waals surface area contributed by atoms with Crippen LogP contribution in [-0.4, -0.2) is 82.6 Å². The lowest BCUT2D eigenvalue weighted by Crippen LogP contribution is -2.41. The summed E-state index contributed by atoms with van der Waals surface area (Å²) >= 11 is 0. The molecule has 0 atom stereocenters. The number of sulfonamides is 1. The predicted molar refractivity (Wildman–Crippen MR) is 74.4 cm³/mol. The Hall–Kier alpha value is -0.700. The molecule has 1 amide bonds. The van der Waals surface area contributed by atoms with Crippen molar-refractivity contribution in [3.05, 3.63) is 0 Å². The third kappa shape index (κ3) is 6.33. The van der Waals surface area contributed by atoms with Crippen molar-refractivity contribution in [2.45, 2.75) is 6.42 Å². The second-order valence-corrected chi connectivity index (χ2v) is 7.13. The molecule has 8 heteroatoms. The number of carbonyl (C=O) groups is 1. The number of carbonyl (C=O) groups excluding carboxylic acids is 1. The Balaban J connectivity index is 2.24. The van der Waals surface area contributed by atoms with Crippen LogP contribution in [0.15, 0.2) is 0 Å². The molecule has 1 aliphatic rings. The third-order valence-electron chi connectivity index (χ3n) is 3.04. The molecule has 0 aromatic carbocycles. The van der Waals surface area contributed by atoms with Crippen LogP contribution in [0.2, 0.25) is 0 Å². The quantitative estimate of drug-likeness (QED) is 0.609. The van der Waals surface area contributed by atoms with Gasteiger partial charge < -0.3 is 10.6 Å². The highest BCUT2D eigenvalue weighted by atomic mass is 32.2. The molecule has 1 aliphatic heterocycles. The molecule has 0 aromatic heterocycles. The van der Waals surface area contributed by atoms with Crippen molar-refractivity contribution in [1.29, 1.82) is 0 Å². The van der Waals surface area contributed by atoms with Gasteiger partial charge in [0.15, 0.2) is 0 Å². The number of hydrogen-bond donors (Lipinski definition) is 2. The maximum Gasteiger partial charge on any atom is 0.234 e. The zero-order valence-electron chi connectivity index (χ0n) is 11.7. The first-order chi connectivity index (χ1) is 8.92. The molecule has 1 saturated heterocycles. The topological polar surface area (TPSA) is 81.8 Å². The monoisotopic (exact) mass is 292 g/mol. The van der Waals surface area contributed by atoms with Crippen LogP contribution in [0.4, 0.5) is 0 Å². The molecular formula is C11H24N4O3S. The molecule has 19 heavy (non-hydrogen) atoms. The van der Waals surface area contributed by atoms with Gasteiger partial charge in [-0.3, -0.25) is 9.69 Å². The van der Waals surface area contributed by atoms with Crippen molar-refractivity contribution in [2.75, 3.05) is 59.1 Å². The van der Waals surface area contributed by atoms with Gasteiger partial charge in [0.1, 0.15) is 0 Å². The molecule has 0 spiro atoms. The van der Waals surface area contributed by atoms with Crippen molar-refractivity contribution in [2.24, 2.45) is 0 Å². The van der Waals surface area contributed by atoms with Gasteiger partial charge in [0.25, 0.3) is 0 Å². The first-order valence-corrected chi connectivity index (χ1v) is 8.13. The zero-order valence-corrected chi connectivity index (χ0v) is 12.5. The Morgan fingerprint density at radius 1 is 1.32 bits per heavy atom. The highest BCUT2D eigenvalue weighted by molar-refractivity contribution is 7.89. The van der Waals surface area contributed by atoms with Crippen LogP contribution >= 0.6 is 0 Å². The summed E-state index contributed by atoms with van der Waals surface area (Å²) in [5.41, 5.74) is 0. The fourth-order valence-electron chi connectivity index (χ4n) is 1.82. The molecule has 1 heterocycles. The normalized spacial score (nSPS) is 18.3. The molecule has 0 radical (unpaired) electrons. The second kappa shape index (κ2) is 7.78. The minimum Gasteiger partial charge on any atom is -0.354 e. The lowest BCUT2D eigenvalue weighted by molar-refractivity contribution is -0.122. The van der Waals surface area contributed by atoms with Crippen LogP contribution in [0, 0.1) is 0 Å². The van der Waals surface area contributed by atoms with E-state index in [-0.39, 0.29) is 18.2 Å². The molecule has 1 rings (SSSR count). The van der Waals surface area contributed by atoms with E-state index in [1.807, 2.05) is 0 Å². The molecule has 0 saturated carbocycles. The van der Waals surface area contributed by atoms with Gasteiger partial charge in [-0.25, -0.2) is 12.7 Å². The van der Waals surface area contributed by atoms with Crippen LogP contribution in [0.3, 0.4) is 0 Å². The van der Waals surface area contributed by atoms with Gasteiger partial charge in [0.2, 0.25) is 15.9 Å². The van der Waals surface area contributed by atoms with E-state index in [1.54, 1.807) is 0 Å². The van der Waals surface area contributed by atoms with E-state index in [2.05, 4.69) is 15.5 Å². The van der Waals surface area contributed by atoms with Gasteiger partial charge in [-0.1, -0.05) is 0 Å². The Kier molecular flexibility index (Phi) is 6.70. The summed E-state index contributed by atoms with van der Waals surface area (Å²) in [6, 6.07) is 0. The fourth-order valence-corrected chi connectivity index (χ4v) is 2.55. The lowest BCUT2D eigenvalue weighted by Gasteiger charge is -2.18. The van der Waals surface area contributed by atoms with E-state index in [0.717, 1.165) is 32.6 Å². The molecule has 0 bridgehead atoms. The molecule has 2 N–H and O–H groups in total. The van der Waals surface area contributed by atoms with E-state index < -0.39 is 10.0 Å². The Morgan fingerprint density at radius 2 is 2.05 bits per heavy atom. The molecule has 0 aromatic rings. The van der Waals surface area contributed by atoms with Gasteiger partial charge in [-0.05, 0) is 19.5 Å². The van der Waals surface area contributed by atoms with E-state index in [9.17, 15) is 13.2 Å². The Morgan fingerprint density at radius 3 is 2.74 bits per heavy atom. The first kappa shape index (κ1) is 16.4. The summed E-state index contributed by atoms with van der Waals surface area (Å²) in [6.45, 7) is 4.12. The Labute approximate surface area is 115 Å². The van der Waals surface area contributed by atoms with Gasteiger partial charge in [0, 0.05) is 33.7 Å². The molecule has 7 nitrogen and oxygen atoms in total. The maximum absolute atomic E-state index is 11.7. The van der Waals surface area contributed by atoms with Crippen molar-refractivity contribution in [1.82, 2.24) is 19.8 Å². The first-order valence-electron chi connectivity index (χ1n) is 6.52. The summed E-state index contributed by atoms with van der Waals surface area (Å²) < 4.78 is 24.2. The van der Waals surface area contributed by atoms with Gasteiger partial charge in [0.05, 0.1) is 12.3 Å². The zero-order chi connectivity index (χ0) is 14.3. The Bertz CT molecular complexity index is 375. The summed E-state index contributed by atoms with van der Waals surface area (Å²) in [5, 5.41) is 5.92. The van der Waals surface area contributed by atoms with Crippen molar-refractivity contribution < 1.29 is 13.2 Å². The van der Waals surface area contributed by atoms with Gasteiger partial charge >= 0.3 is 0 Å². The average Bonchev–Trinajstić information content (AvgIpc) is 2.57. The third-order valence-corrected chi connectivity index (χ3v) is 4.87. The number of nitrogens with one attached hydrogen (secondary N) is 2. The molecule has 112 valence electrons. The van der Waals surface area contributed by atoms with Crippen molar-refractivity contribution in [3.8, 4) is 0 Å². The highest BCUT2D eigenvalue weighted by Gasteiger charge is 2.15. The SMILES string of the molecule is CN(C)S(=O)(=O)CCNC(=O)CN1CCCNCC1. The predicted octanol–water partition coefficient (Wildman–Crippen LogP) is -1.71. The minimum absolute atomic E-state index is 0.0622. The number of nitrogens with zero attached hydrogens (tertiary/aromatic N) is 2. The van der Waals surface area contributed by atoms with E-state index in [1.165, 1.54) is 18.4 Å². The second-order valence-electron chi connectivity index (χ2n) is 4.83. The van der Waals surface area contributed by atoms with Gasteiger partial charge in [-0.2, -0.15) is 0 Å². The number of hydrogen-bond acceptors (Lipinski definition) is 5. The van der Waals surface area contributed by atoms with Crippen LogP contribution in [0.5, 0.6) is 0 Å². The highest BCUT2D eigenvalue weighted by Crippen LogP contribution is 1.95. The molecule has 0 aliphatic carbocycles. The van der Waals surface area contributed by atoms with Crippen LogP contribution in [0.25, 0.3) is 0 Å². The summed E-state index contributed by atoms with van der Waals surface area (Å²) in [5.74, 6) is -0.177. The van der Waals surface area contributed by atoms with Crippen molar-refractivity contribution in [3.63, 3.8) is 0 Å². The number of amides is 1. The van der Waals surface area contributed by atoms with Crippen molar-refractivity contribution >= 4 is 15.9 Å². The average molecular weight is 292 g/mol. The lowest BCUT2D eigenvalue weighted by atomic mass is 10.4. The molecule has 1 fully saturated rings. The molecular weight excluding hydrogens is 268 g/mol. The summed E-state index contributed by atoms with van der Waals surface area (Å²) in [6.07, 6.45) is 1.03. The number of rotatable bonds is 6. The van der Waals surface area contributed by atoms with E-state index in [4.69, 9.17) is 0 Å². The summed E-state index contributed by atoms with van der Waals surface area (Å²) in [4.78, 5) is 13.8. The van der Waals surface area contributed by atoms with Crippen LogP contribution in [-0.2, 0) is 14.8 Å². The van der Waals surface area contributed by atoms with E-state index in [0.29, 0.717) is 6.54 Å². The largest absolute Gasteiger partial charge is 0.354 e. The van der Waals surface area contributed by atoms with E-state index >= 15 is 0 Å². The molecule has 0 unspecified atom stereocenters. The standard InChI is InChI=1S/C11H24N4O3S/c1-14(2)19(17,18)9-6-13-11(16)10-15-7-3-4-12-5-8-15/h12H,3-10H2,1-2H3,(H,13,16). The smallest absolute Gasteiger partial charge is 0.234 e. The summed E-state index contributed by atoms with van der Waals surface area (Å²) in [7, 11) is -0.263. The van der Waals surface area contributed by atoms with Gasteiger partial charge in [-0.15, -0.1) is 0 Å². The minimum atomic E-state index is -3.24. The van der Waals surface area contributed by atoms with Crippen LogP contribution < -0.4 is 10.6 Å². The maximum atomic E-state index is 11.7. The fraction of sp³-hybridized carbons (Fsp3) is 0.909. The van der Waals surface area contributed by atoms with Crippen LogP contribution in [0.1, 0.15) is 6.42 Å².